The summed E-state index contributed by atoms with van der Waals surface area (Å²) < 4.78 is 0. The second-order valence-electron chi connectivity index (χ2n) is 7.94. The summed E-state index contributed by atoms with van der Waals surface area (Å²) >= 11 is 0. The topological polar surface area (TPSA) is 57.7 Å². The van der Waals surface area contributed by atoms with Crippen molar-refractivity contribution in [2.24, 2.45) is 5.92 Å². The molecule has 0 bridgehead atoms. The molecule has 2 rings (SSSR count). The monoisotopic (exact) mass is 372 g/mol. The van der Waals surface area contributed by atoms with Crippen LogP contribution in [-0.2, 0) is 20.8 Å². The van der Waals surface area contributed by atoms with Crippen LogP contribution in [0.1, 0.15) is 52.0 Å². The van der Waals surface area contributed by atoms with E-state index in [0.717, 1.165) is 12.0 Å². The summed E-state index contributed by atoms with van der Waals surface area (Å²) in [5, 5.41) is 0. The number of nitrogens with zero attached hydrogens (tertiary/aromatic N) is 2. The Morgan fingerprint density at radius 1 is 1.19 bits per heavy atom. The Morgan fingerprint density at radius 3 is 2.44 bits per heavy atom. The molecule has 5 heteroatoms. The molecule has 0 aliphatic carbocycles. The Balaban J connectivity index is 2.01. The van der Waals surface area contributed by atoms with Crippen LogP contribution < -0.4 is 0 Å². The van der Waals surface area contributed by atoms with Crippen molar-refractivity contribution >= 4 is 17.6 Å². The highest BCUT2D eigenvalue weighted by Crippen LogP contribution is 2.23. The largest absolute Gasteiger partial charge is 0.334 e. The lowest BCUT2D eigenvalue weighted by molar-refractivity contribution is -0.146. The molecule has 1 aromatic carbocycles. The maximum absolute atomic E-state index is 13.0. The average Bonchev–Trinajstić information content (AvgIpc) is 3.13. The molecule has 1 fully saturated rings. The molecule has 1 saturated heterocycles. The van der Waals surface area contributed by atoms with Gasteiger partial charge in [0.2, 0.25) is 11.8 Å². The zero-order valence-corrected chi connectivity index (χ0v) is 17.0. The number of carbonyl (C=O) groups excluding carboxylic acids is 3. The van der Waals surface area contributed by atoms with Gasteiger partial charge >= 0.3 is 0 Å². The van der Waals surface area contributed by atoms with E-state index in [4.69, 9.17) is 0 Å². The molecule has 2 amide bonds. The van der Waals surface area contributed by atoms with Gasteiger partial charge in [0.15, 0.2) is 5.78 Å². The zero-order chi connectivity index (χ0) is 20.0. The number of hydrogen-bond donors (Lipinski definition) is 0. The third-order valence-corrected chi connectivity index (χ3v) is 5.31. The molecule has 1 aromatic rings. The number of amides is 2. The number of aryl methyl sites for hydroxylation is 1. The van der Waals surface area contributed by atoms with Crippen molar-refractivity contribution in [1.82, 2.24) is 9.80 Å². The average molecular weight is 373 g/mol. The predicted octanol–water partition coefficient (Wildman–Crippen LogP) is 3.07. The number of benzene rings is 1. The fraction of sp³-hybridized carbons (Fsp3) is 0.591. The van der Waals surface area contributed by atoms with E-state index in [1.54, 1.807) is 16.8 Å². The van der Waals surface area contributed by atoms with Crippen LogP contribution >= 0.6 is 0 Å². The fourth-order valence-electron chi connectivity index (χ4n) is 3.79. The standard InChI is InChI=1S/C22H32N2O3/c1-16(2)15-20(17(3)25)23(4)22(27)19-11-8-14-24(19)21(26)13-12-18-9-6-5-7-10-18/h5-7,9-10,16,19-20H,8,11-15H2,1-4H3/t19-,20+/m0/s1. The highest BCUT2D eigenvalue weighted by molar-refractivity contribution is 5.92. The maximum atomic E-state index is 13.0. The van der Waals surface area contributed by atoms with E-state index in [1.165, 1.54) is 6.92 Å². The van der Waals surface area contributed by atoms with E-state index in [2.05, 4.69) is 0 Å². The third kappa shape index (κ3) is 5.65. The highest BCUT2D eigenvalue weighted by atomic mass is 16.2. The van der Waals surface area contributed by atoms with Crippen LogP contribution in [0.4, 0.5) is 0 Å². The molecule has 5 nitrogen and oxygen atoms in total. The van der Waals surface area contributed by atoms with Crippen LogP contribution in [0.3, 0.4) is 0 Å². The van der Waals surface area contributed by atoms with Gasteiger partial charge in [0.05, 0.1) is 6.04 Å². The van der Waals surface area contributed by atoms with Crippen molar-refractivity contribution in [3.63, 3.8) is 0 Å². The minimum absolute atomic E-state index is 0.000462. The minimum Gasteiger partial charge on any atom is -0.334 e. The molecule has 27 heavy (non-hydrogen) atoms. The first-order valence-corrected chi connectivity index (χ1v) is 9.91. The number of rotatable bonds is 8. The van der Waals surface area contributed by atoms with Gasteiger partial charge in [-0.15, -0.1) is 0 Å². The predicted molar refractivity (Wildman–Crippen MR) is 106 cm³/mol. The van der Waals surface area contributed by atoms with Gasteiger partial charge in [-0.2, -0.15) is 0 Å². The quantitative estimate of drug-likeness (QED) is 0.705. The molecule has 0 saturated carbocycles. The highest BCUT2D eigenvalue weighted by Gasteiger charge is 2.37. The van der Waals surface area contributed by atoms with Crippen LogP contribution in [0.15, 0.2) is 30.3 Å². The molecule has 0 aromatic heterocycles. The molecule has 2 atom stereocenters. The van der Waals surface area contributed by atoms with E-state index >= 15 is 0 Å². The van der Waals surface area contributed by atoms with Crippen molar-refractivity contribution in [1.29, 1.82) is 0 Å². The summed E-state index contributed by atoms with van der Waals surface area (Å²) in [6.07, 6.45) is 3.23. The van der Waals surface area contributed by atoms with Crippen LogP contribution in [0.25, 0.3) is 0 Å². The number of carbonyl (C=O) groups is 3. The van der Waals surface area contributed by atoms with Gasteiger partial charge < -0.3 is 9.80 Å². The molecule has 0 radical (unpaired) electrons. The Hall–Kier alpha value is -2.17. The van der Waals surface area contributed by atoms with Crippen molar-refractivity contribution in [3.05, 3.63) is 35.9 Å². The van der Waals surface area contributed by atoms with Crippen LogP contribution in [-0.4, -0.2) is 53.1 Å². The lowest BCUT2D eigenvalue weighted by atomic mass is 9.99. The van der Waals surface area contributed by atoms with Gasteiger partial charge in [-0.3, -0.25) is 14.4 Å². The van der Waals surface area contributed by atoms with Gasteiger partial charge in [-0.05, 0) is 44.1 Å². The molecular formula is C22H32N2O3. The van der Waals surface area contributed by atoms with E-state index in [1.807, 2.05) is 44.2 Å². The SMILES string of the molecule is CC(=O)[C@@H](CC(C)C)N(C)C(=O)[C@@H]1CCCN1C(=O)CCc1ccccc1. The lowest BCUT2D eigenvalue weighted by Gasteiger charge is -2.33. The third-order valence-electron chi connectivity index (χ3n) is 5.31. The number of likely N-dealkylation sites (N-methyl/N-ethyl adjacent to an activating group) is 1. The zero-order valence-electron chi connectivity index (χ0n) is 17.0. The van der Waals surface area contributed by atoms with Gasteiger partial charge in [-0.25, -0.2) is 0 Å². The molecule has 1 aliphatic rings. The first kappa shape index (κ1) is 21.1. The Bertz CT molecular complexity index is 657. The number of Topliss-reactive ketones (excluding diaryl/α,β-unsaturated/α-hetero) is 1. The first-order chi connectivity index (χ1) is 12.8. The van der Waals surface area contributed by atoms with Gasteiger partial charge in [0, 0.05) is 20.0 Å². The van der Waals surface area contributed by atoms with Crippen molar-refractivity contribution in [2.75, 3.05) is 13.6 Å². The van der Waals surface area contributed by atoms with Gasteiger partial charge in [0.1, 0.15) is 6.04 Å². The van der Waals surface area contributed by atoms with Crippen molar-refractivity contribution < 1.29 is 14.4 Å². The van der Waals surface area contributed by atoms with E-state index in [-0.39, 0.29) is 17.6 Å². The molecule has 1 aliphatic heterocycles. The maximum Gasteiger partial charge on any atom is 0.245 e. The minimum atomic E-state index is -0.438. The van der Waals surface area contributed by atoms with E-state index in [0.29, 0.717) is 38.1 Å². The summed E-state index contributed by atoms with van der Waals surface area (Å²) in [4.78, 5) is 41.1. The summed E-state index contributed by atoms with van der Waals surface area (Å²) in [6, 6.07) is 9.06. The first-order valence-electron chi connectivity index (χ1n) is 9.91. The summed E-state index contributed by atoms with van der Waals surface area (Å²) in [6.45, 7) is 6.24. The molecule has 1 heterocycles. The molecule has 0 spiro atoms. The summed E-state index contributed by atoms with van der Waals surface area (Å²) in [5.74, 6) is 0.230. The Kier molecular flexibility index (Phi) is 7.57. The molecular weight excluding hydrogens is 340 g/mol. The number of ketones is 1. The number of hydrogen-bond acceptors (Lipinski definition) is 3. The molecule has 148 valence electrons. The van der Waals surface area contributed by atoms with Gasteiger partial charge in [0.25, 0.3) is 0 Å². The van der Waals surface area contributed by atoms with Crippen LogP contribution in [0, 0.1) is 5.92 Å². The van der Waals surface area contributed by atoms with Crippen molar-refractivity contribution in [2.45, 2.75) is 65.0 Å². The van der Waals surface area contributed by atoms with Crippen LogP contribution in [0.2, 0.25) is 0 Å². The van der Waals surface area contributed by atoms with Crippen LogP contribution in [0.5, 0.6) is 0 Å². The summed E-state index contributed by atoms with van der Waals surface area (Å²) in [5.41, 5.74) is 1.12. The van der Waals surface area contributed by atoms with Crippen molar-refractivity contribution in [3.8, 4) is 0 Å². The summed E-state index contributed by atoms with van der Waals surface area (Å²) in [7, 11) is 1.70. The number of likely N-dealkylation sites (tertiary alicyclic amines) is 1. The Morgan fingerprint density at radius 2 is 1.85 bits per heavy atom. The second-order valence-corrected chi connectivity index (χ2v) is 7.94. The smallest absolute Gasteiger partial charge is 0.245 e. The second kappa shape index (κ2) is 9.67. The normalized spacial score (nSPS) is 17.8. The van der Waals surface area contributed by atoms with Gasteiger partial charge in [-0.1, -0.05) is 44.2 Å². The van der Waals surface area contributed by atoms with E-state index < -0.39 is 12.1 Å². The molecule has 0 N–H and O–H groups in total. The fourth-order valence-corrected chi connectivity index (χ4v) is 3.79. The van der Waals surface area contributed by atoms with E-state index in [9.17, 15) is 14.4 Å². The Labute approximate surface area is 162 Å². The lowest BCUT2D eigenvalue weighted by Crippen LogP contribution is -2.51. The molecule has 0 unspecified atom stereocenters.